The van der Waals surface area contributed by atoms with Gasteiger partial charge in [0.05, 0.1) is 30.3 Å². The third-order valence-electron chi connectivity index (χ3n) is 6.22. The normalized spacial score (nSPS) is 11.1. The highest BCUT2D eigenvalue weighted by Gasteiger charge is 2.10. The molecular formula is C30H30N6O. The molecule has 0 aliphatic rings. The van der Waals surface area contributed by atoms with E-state index in [2.05, 4.69) is 80.5 Å². The zero-order chi connectivity index (χ0) is 25.6. The number of carbonyl (C=O) groups is 1. The number of amides is 1. The zero-order valence-corrected chi connectivity index (χ0v) is 21.0. The molecule has 0 atom stereocenters. The van der Waals surface area contributed by atoms with Gasteiger partial charge in [0.25, 0.3) is 5.91 Å². The molecule has 2 aromatic heterocycles. The maximum absolute atomic E-state index is 12.4. The second-order valence-corrected chi connectivity index (χ2v) is 9.10. The van der Waals surface area contributed by atoms with Gasteiger partial charge in [0, 0.05) is 5.56 Å². The number of hydrogen-bond acceptors (Lipinski definition) is 4. The van der Waals surface area contributed by atoms with Gasteiger partial charge in [-0.25, -0.2) is 9.97 Å². The van der Waals surface area contributed by atoms with Crippen molar-refractivity contribution >= 4 is 11.9 Å². The molecule has 3 aromatic carbocycles. The van der Waals surface area contributed by atoms with E-state index < -0.39 is 0 Å². The van der Waals surface area contributed by atoms with E-state index in [9.17, 15) is 4.79 Å². The van der Waals surface area contributed by atoms with Gasteiger partial charge in [0.1, 0.15) is 5.82 Å². The van der Waals surface area contributed by atoms with Crippen LogP contribution in [0.4, 0.5) is 5.95 Å². The van der Waals surface area contributed by atoms with Gasteiger partial charge in [-0.1, -0.05) is 73.7 Å². The number of H-pyrrole nitrogens is 2. The van der Waals surface area contributed by atoms with Crippen molar-refractivity contribution in [2.45, 2.75) is 19.9 Å². The van der Waals surface area contributed by atoms with E-state index in [0.717, 1.165) is 59.0 Å². The molecule has 0 saturated carbocycles. The minimum atomic E-state index is -0.199. The van der Waals surface area contributed by atoms with Gasteiger partial charge in [-0.05, 0) is 54.4 Å². The average molecular weight is 491 g/mol. The summed E-state index contributed by atoms with van der Waals surface area (Å²) in [4.78, 5) is 30.1. The number of nitrogens with zero attached hydrogens (tertiary/aromatic N) is 3. The Morgan fingerprint density at radius 3 is 1.97 bits per heavy atom. The SMILES string of the molecule is CCCN(C)Cc1ncc(-c2ccc(-c3ccc(-c4cnc(NC(=O)c5ccccc5)[nH]4)cc3)cc2)[nH]1. The van der Waals surface area contributed by atoms with Gasteiger partial charge in [0.15, 0.2) is 0 Å². The number of benzene rings is 3. The van der Waals surface area contributed by atoms with Gasteiger partial charge in [-0.3, -0.25) is 15.0 Å². The van der Waals surface area contributed by atoms with Crippen LogP contribution in [-0.2, 0) is 6.54 Å². The number of rotatable bonds is 9. The first-order valence-electron chi connectivity index (χ1n) is 12.4. The number of aromatic nitrogens is 4. The van der Waals surface area contributed by atoms with Crippen molar-refractivity contribution in [2.75, 3.05) is 18.9 Å². The molecule has 7 nitrogen and oxygen atoms in total. The Balaban J connectivity index is 1.23. The highest BCUT2D eigenvalue weighted by Crippen LogP contribution is 2.27. The molecular weight excluding hydrogens is 460 g/mol. The molecule has 186 valence electrons. The van der Waals surface area contributed by atoms with E-state index in [1.807, 2.05) is 36.5 Å². The molecule has 0 radical (unpaired) electrons. The Labute approximate surface area is 216 Å². The smallest absolute Gasteiger partial charge is 0.257 e. The molecule has 1 amide bonds. The van der Waals surface area contributed by atoms with Gasteiger partial charge < -0.3 is 9.97 Å². The lowest BCUT2D eigenvalue weighted by Crippen LogP contribution is -2.19. The minimum Gasteiger partial charge on any atom is -0.341 e. The van der Waals surface area contributed by atoms with Crippen LogP contribution < -0.4 is 5.32 Å². The van der Waals surface area contributed by atoms with Crippen LogP contribution >= 0.6 is 0 Å². The summed E-state index contributed by atoms with van der Waals surface area (Å²) in [5, 5.41) is 2.81. The fraction of sp³-hybridized carbons (Fsp3) is 0.167. The summed E-state index contributed by atoms with van der Waals surface area (Å²) in [5.74, 6) is 1.20. The molecule has 5 rings (SSSR count). The van der Waals surface area contributed by atoms with Crippen molar-refractivity contribution in [3.8, 4) is 33.6 Å². The molecule has 0 aliphatic heterocycles. The van der Waals surface area contributed by atoms with Crippen LogP contribution in [0.2, 0.25) is 0 Å². The number of hydrogen-bond donors (Lipinski definition) is 3. The minimum absolute atomic E-state index is 0.199. The molecule has 0 saturated heterocycles. The largest absolute Gasteiger partial charge is 0.341 e. The first-order chi connectivity index (χ1) is 18.1. The average Bonchev–Trinajstić information content (AvgIpc) is 3.59. The van der Waals surface area contributed by atoms with E-state index in [1.165, 1.54) is 0 Å². The van der Waals surface area contributed by atoms with Gasteiger partial charge >= 0.3 is 0 Å². The molecule has 2 heterocycles. The van der Waals surface area contributed by atoms with Crippen LogP contribution in [0.1, 0.15) is 29.5 Å². The second kappa shape index (κ2) is 11.1. The third-order valence-corrected chi connectivity index (χ3v) is 6.22. The lowest BCUT2D eigenvalue weighted by atomic mass is 10.0. The first-order valence-corrected chi connectivity index (χ1v) is 12.4. The molecule has 5 aromatic rings. The summed E-state index contributed by atoms with van der Waals surface area (Å²) >= 11 is 0. The van der Waals surface area contributed by atoms with E-state index in [0.29, 0.717) is 11.5 Å². The Bertz CT molecular complexity index is 1450. The van der Waals surface area contributed by atoms with Gasteiger partial charge in [0.2, 0.25) is 5.95 Å². The molecule has 3 N–H and O–H groups in total. The van der Waals surface area contributed by atoms with Crippen molar-refractivity contribution in [3.63, 3.8) is 0 Å². The van der Waals surface area contributed by atoms with Crippen LogP contribution in [0.25, 0.3) is 33.6 Å². The monoisotopic (exact) mass is 490 g/mol. The Morgan fingerprint density at radius 2 is 1.35 bits per heavy atom. The summed E-state index contributed by atoms with van der Waals surface area (Å²) < 4.78 is 0. The zero-order valence-electron chi connectivity index (χ0n) is 21.0. The fourth-order valence-electron chi connectivity index (χ4n) is 4.29. The molecule has 0 aliphatic carbocycles. The van der Waals surface area contributed by atoms with Crippen molar-refractivity contribution in [1.29, 1.82) is 0 Å². The number of nitrogens with one attached hydrogen (secondary N) is 3. The fourth-order valence-corrected chi connectivity index (χ4v) is 4.29. The topological polar surface area (TPSA) is 89.7 Å². The van der Waals surface area contributed by atoms with Crippen LogP contribution in [-0.4, -0.2) is 44.3 Å². The molecule has 37 heavy (non-hydrogen) atoms. The van der Waals surface area contributed by atoms with Gasteiger partial charge in [-0.2, -0.15) is 0 Å². The highest BCUT2D eigenvalue weighted by atomic mass is 16.1. The van der Waals surface area contributed by atoms with Crippen molar-refractivity contribution in [2.24, 2.45) is 0 Å². The molecule has 0 spiro atoms. The number of aromatic amines is 2. The summed E-state index contributed by atoms with van der Waals surface area (Å²) in [6, 6.07) is 25.8. The van der Waals surface area contributed by atoms with Crippen LogP contribution in [0.5, 0.6) is 0 Å². The van der Waals surface area contributed by atoms with Crippen molar-refractivity contribution < 1.29 is 4.79 Å². The van der Waals surface area contributed by atoms with Crippen molar-refractivity contribution in [3.05, 3.63) is 103 Å². The maximum atomic E-state index is 12.4. The number of anilines is 1. The number of imidazole rings is 2. The van der Waals surface area contributed by atoms with E-state index in [1.54, 1.807) is 18.3 Å². The Kier molecular flexibility index (Phi) is 7.23. The molecule has 0 fully saturated rings. The molecule has 0 unspecified atom stereocenters. The van der Waals surface area contributed by atoms with E-state index in [-0.39, 0.29) is 5.91 Å². The number of carbonyl (C=O) groups excluding carboxylic acids is 1. The van der Waals surface area contributed by atoms with Gasteiger partial charge in [-0.15, -0.1) is 0 Å². The quantitative estimate of drug-likeness (QED) is 0.229. The summed E-state index contributed by atoms with van der Waals surface area (Å²) in [5.41, 5.74) is 6.81. The first kappa shape index (κ1) is 24.2. The summed E-state index contributed by atoms with van der Waals surface area (Å²) in [6.07, 6.45) is 4.76. The van der Waals surface area contributed by atoms with Crippen molar-refractivity contribution in [1.82, 2.24) is 24.8 Å². The summed E-state index contributed by atoms with van der Waals surface area (Å²) in [6.45, 7) is 4.05. The lowest BCUT2D eigenvalue weighted by Gasteiger charge is -2.13. The predicted molar refractivity (Wildman–Crippen MR) is 148 cm³/mol. The Hall–Kier alpha value is -4.49. The highest BCUT2D eigenvalue weighted by molar-refractivity contribution is 6.03. The predicted octanol–water partition coefficient (Wildman–Crippen LogP) is 6.23. The lowest BCUT2D eigenvalue weighted by molar-refractivity contribution is 0.102. The maximum Gasteiger partial charge on any atom is 0.257 e. The second-order valence-electron chi connectivity index (χ2n) is 9.10. The molecule has 0 bridgehead atoms. The van der Waals surface area contributed by atoms with Crippen LogP contribution in [0.3, 0.4) is 0 Å². The third kappa shape index (κ3) is 5.85. The van der Waals surface area contributed by atoms with Crippen LogP contribution in [0.15, 0.2) is 91.3 Å². The Morgan fingerprint density at radius 1 is 0.784 bits per heavy atom. The standard InChI is InChI=1S/C30H30N6O/c1-3-17-36(2)20-28-31-18-26(33-28)23-13-9-21(10-14-23)22-11-15-24(16-12-22)27-19-32-30(34-27)35-29(37)25-7-5-4-6-8-25/h4-16,18-19H,3,17,20H2,1-2H3,(H,31,33)(H2,32,34,35,37). The van der Waals surface area contributed by atoms with E-state index >= 15 is 0 Å². The molecule has 7 heteroatoms. The summed E-state index contributed by atoms with van der Waals surface area (Å²) in [7, 11) is 2.11. The van der Waals surface area contributed by atoms with Crippen LogP contribution in [0, 0.1) is 0 Å². The van der Waals surface area contributed by atoms with E-state index in [4.69, 9.17) is 0 Å².